The van der Waals surface area contributed by atoms with E-state index < -0.39 is 64.6 Å². The molecule has 0 spiro atoms. The number of thioether (sulfide) groups is 2. The van der Waals surface area contributed by atoms with E-state index in [9.17, 15) is 14.4 Å². The molecule has 18 nitrogen and oxygen atoms in total. The maximum Gasteiger partial charge on any atom is 0.379 e. The van der Waals surface area contributed by atoms with Crippen LogP contribution in [-0.2, 0) is 34.2 Å². The van der Waals surface area contributed by atoms with Crippen LogP contribution in [0, 0.1) is 6.92 Å². The minimum atomic E-state index is -1.21. The van der Waals surface area contributed by atoms with Crippen molar-refractivity contribution in [3.8, 4) is 0 Å². The molecule has 92 heavy (non-hydrogen) atoms. The van der Waals surface area contributed by atoms with Crippen LogP contribution in [0.1, 0.15) is 83.5 Å². The lowest BCUT2D eigenvalue weighted by molar-refractivity contribution is -0.154. The topological polar surface area (TPSA) is 222 Å². The van der Waals surface area contributed by atoms with E-state index >= 15 is 9.59 Å². The van der Waals surface area contributed by atoms with Crippen LogP contribution in [0.25, 0.3) is 5.78 Å². The van der Waals surface area contributed by atoms with E-state index in [1.807, 2.05) is 212 Å². The van der Waals surface area contributed by atoms with E-state index in [1.54, 1.807) is 24.4 Å². The van der Waals surface area contributed by atoms with Gasteiger partial charge in [0.15, 0.2) is 23.1 Å². The number of hydrogen-bond acceptors (Lipinski definition) is 18. The molecule has 7 aromatic carbocycles. The molecular formula is C71H54N10O8S3. The Morgan fingerprint density at radius 2 is 1.17 bits per heavy atom. The van der Waals surface area contributed by atoms with Gasteiger partial charge in [-0.05, 0) is 69.6 Å². The Bertz CT molecular complexity index is 4360. The summed E-state index contributed by atoms with van der Waals surface area (Å²) in [6, 6.07) is 70.8. The normalized spacial score (nSPS) is 14.8. The number of aryl methyl sites for hydroxylation is 1. The predicted molar refractivity (Wildman–Crippen MR) is 350 cm³/mol. The average molecular weight is 1270 g/mol. The molecular weight excluding hydrogens is 1220 g/mol. The lowest BCUT2D eigenvalue weighted by Gasteiger charge is -2.49. The zero-order valence-electron chi connectivity index (χ0n) is 49.0. The van der Waals surface area contributed by atoms with Gasteiger partial charge in [-0.2, -0.15) is 9.50 Å². The molecule has 1 fully saturated rings. The third kappa shape index (κ3) is 12.6. The van der Waals surface area contributed by atoms with Crippen LogP contribution in [0.4, 0.5) is 5.13 Å². The Labute approximate surface area is 540 Å². The van der Waals surface area contributed by atoms with Gasteiger partial charge in [-0.15, -0.1) is 40.0 Å². The second-order valence-electron chi connectivity index (χ2n) is 21.3. The summed E-state index contributed by atoms with van der Waals surface area (Å²) in [7, 11) is 0. The molecule has 1 saturated heterocycles. The summed E-state index contributed by atoms with van der Waals surface area (Å²) in [5, 5.41) is 17.1. The van der Waals surface area contributed by atoms with Crippen LogP contribution in [0.5, 0.6) is 0 Å². The highest BCUT2D eigenvalue weighted by Crippen LogP contribution is 2.44. The number of pyridine rings is 1. The fourth-order valence-corrected chi connectivity index (χ4v) is 14.3. The Morgan fingerprint density at radius 1 is 0.652 bits per heavy atom. The van der Waals surface area contributed by atoms with Crippen molar-refractivity contribution in [3.63, 3.8) is 0 Å². The van der Waals surface area contributed by atoms with Crippen molar-refractivity contribution in [1.82, 2.24) is 39.8 Å². The minimum absolute atomic E-state index is 0.000374. The molecule has 2 N–H and O–H groups in total. The zero-order chi connectivity index (χ0) is 63.0. The number of amides is 2. The summed E-state index contributed by atoms with van der Waals surface area (Å²) in [6.45, 7) is 1.79. The fraction of sp³-hybridized carbons (Fsp3) is 0.113. The molecule has 454 valence electrons. The van der Waals surface area contributed by atoms with Gasteiger partial charge in [-0.25, -0.2) is 24.4 Å². The number of benzene rings is 7. The summed E-state index contributed by atoms with van der Waals surface area (Å²) < 4.78 is 14.1. The monoisotopic (exact) mass is 1270 g/mol. The average Bonchev–Trinajstić information content (AvgIpc) is 0.786. The molecule has 0 radical (unpaired) electrons. The number of rotatable bonds is 21. The van der Waals surface area contributed by atoms with Crippen molar-refractivity contribution in [2.75, 3.05) is 16.8 Å². The molecule has 2 aliphatic rings. The first kappa shape index (κ1) is 60.1. The summed E-state index contributed by atoms with van der Waals surface area (Å²) in [4.78, 5) is 97.7. The van der Waals surface area contributed by atoms with Gasteiger partial charge in [0.05, 0.1) is 5.56 Å². The van der Waals surface area contributed by atoms with Gasteiger partial charge in [-0.3, -0.25) is 19.5 Å². The maximum atomic E-state index is 15.3. The number of anilines is 1. The molecule has 6 heterocycles. The van der Waals surface area contributed by atoms with E-state index in [-0.39, 0.29) is 40.1 Å². The van der Waals surface area contributed by atoms with Crippen LogP contribution in [-0.4, -0.2) is 92.8 Å². The Morgan fingerprint density at radius 3 is 1.70 bits per heavy atom. The van der Waals surface area contributed by atoms with Crippen LogP contribution in [0.15, 0.2) is 270 Å². The Kier molecular flexibility index (Phi) is 17.7. The molecule has 21 heteroatoms. The highest BCUT2D eigenvalue weighted by atomic mass is 32.2. The van der Waals surface area contributed by atoms with Gasteiger partial charge in [0.1, 0.15) is 33.4 Å². The van der Waals surface area contributed by atoms with Gasteiger partial charge < -0.3 is 24.9 Å². The standard InChI is InChI=1S/C71H54N10O8S3/c1-45-40-56(81-69(73-45)76-62(78-81)68(86)88-61(48-28-13-4-14-29-48)49-30-15-5-16-31-49)90-42-51-43-91-65-58(64(83)80(65)59(51)67(85)87-60(46-24-9-2-10-25-46)47-26-11-3-12-27-47)75-63(82)57(79-89-66(84)50-32-23-39-72-41-50)55-44-92-70(74-55)77-71(52-33-17-6-18-34-52,53-35-19-7-20-36-53)54-37-21-8-22-38-54/h2-41,44,58,60-61,65H,42-43H2,1H3,(H,74,77)(H,75,82)/t58-,65-/m1/s1. The number of hydrogen-bond donors (Lipinski definition) is 2. The molecule has 2 aliphatic heterocycles. The number of oxime groups is 1. The van der Waals surface area contributed by atoms with Gasteiger partial charge in [0.2, 0.25) is 0 Å². The third-order valence-corrected chi connectivity index (χ3v) is 18.5. The number of β-lactam (4-membered cyclic amide) rings is 1. The Hall–Kier alpha value is -10.9. The molecule has 13 rings (SSSR count). The highest BCUT2D eigenvalue weighted by molar-refractivity contribution is 8.01. The summed E-state index contributed by atoms with van der Waals surface area (Å²) in [6.07, 6.45) is 1.18. The predicted octanol–water partition coefficient (Wildman–Crippen LogP) is 12.0. The summed E-state index contributed by atoms with van der Waals surface area (Å²) in [5.74, 6) is -3.66. The lowest BCUT2D eigenvalue weighted by Crippen LogP contribution is -2.71. The molecule has 0 saturated carbocycles. The molecule has 2 amide bonds. The van der Waals surface area contributed by atoms with Crippen molar-refractivity contribution < 1.29 is 38.3 Å². The van der Waals surface area contributed by atoms with E-state index in [0.717, 1.165) is 27.8 Å². The number of thiazole rings is 1. The van der Waals surface area contributed by atoms with E-state index in [1.165, 1.54) is 62.7 Å². The number of nitrogens with one attached hydrogen (secondary N) is 2. The summed E-state index contributed by atoms with van der Waals surface area (Å²) in [5.41, 5.74) is 5.47. The van der Waals surface area contributed by atoms with Gasteiger partial charge >= 0.3 is 17.9 Å². The SMILES string of the molecule is Cc1cc(SCC2=C(C(=O)OC(c3ccccc3)c3ccccc3)N3C(=O)[C@@H](NC(=O)C(=NOC(=O)c4cccnc4)c4csc(NC(c5ccccc5)(c5ccccc5)c5ccccc5)n4)[C@H]3SC2)n2nc(C(=O)OC(c3ccccc3)c3ccccc3)nc2n1. The van der Waals surface area contributed by atoms with Gasteiger partial charge in [0.25, 0.3) is 23.4 Å². The van der Waals surface area contributed by atoms with Crippen molar-refractivity contribution >= 4 is 81.2 Å². The van der Waals surface area contributed by atoms with E-state index in [4.69, 9.17) is 19.3 Å². The second-order valence-corrected chi connectivity index (χ2v) is 24.2. The molecule has 11 aromatic rings. The van der Waals surface area contributed by atoms with Crippen LogP contribution in [0.2, 0.25) is 0 Å². The molecule has 2 atom stereocenters. The quantitative estimate of drug-likeness (QED) is 0.00998. The van der Waals surface area contributed by atoms with Crippen molar-refractivity contribution in [2.24, 2.45) is 5.16 Å². The molecule has 0 aliphatic carbocycles. The van der Waals surface area contributed by atoms with Crippen molar-refractivity contribution in [1.29, 1.82) is 0 Å². The van der Waals surface area contributed by atoms with Gasteiger partial charge in [-0.1, -0.05) is 217 Å². The van der Waals surface area contributed by atoms with Crippen LogP contribution >= 0.6 is 34.9 Å². The van der Waals surface area contributed by atoms with Crippen LogP contribution < -0.4 is 10.6 Å². The number of ether oxygens (including phenoxy) is 2. The van der Waals surface area contributed by atoms with Crippen LogP contribution in [0.3, 0.4) is 0 Å². The van der Waals surface area contributed by atoms with Crippen molar-refractivity contribution in [3.05, 3.63) is 321 Å². The molecule has 0 bridgehead atoms. The smallest absolute Gasteiger partial charge is 0.379 e. The minimum Gasteiger partial charge on any atom is -0.448 e. The number of carbonyl (C=O) groups is 5. The number of aromatic nitrogens is 6. The summed E-state index contributed by atoms with van der Waals surface area (Å²) >= 11 is 3.83. The fourth-order valence-electron chi connectivity index (χ4n) is 11.0. The first-order chi connectivity index (χ1) is 45.1. The first-order valence-corrected chi connectivity index (χ1v) is 32.1. The maximum absolute atomic E-state index is 15.3. The van der Waals surface area contributed by atoms with E-state index in [2.05, 4.69) is 35.8 Å². The van der Waals surface area contributed by atoms with Crippen molar-refractivity contribution in [2.45, 2.75) is 41.1 Å². The number of fused-ring (bicyclic) bond motifs is 2. The zero-order valence-corrected chi connectivity index (χ0v) is 51.4. The molecule has 0 unspecified atom stereocenters. The molecule has 4 aromatic heterocycles. The van der Waals surface area contributed by atoms with E-state index in [0.29, 0.717) is 32.6 Å². The lowest BCUT2D eigenvalue weighted by atomic mass is 9.77. The Balaban J connectivity index is 0.814. The number of carbonyl (C=O) groups excluding carboxylic acids is 5. The third-order valence-electron chi connectivity index (χ3n) is 15.4. The number of nitrogens with zero attached hydrogens (tertiary/aromatic N) is 8. The van der Waals surface area contributed by atoms with Gasteiger partial charge in [0, 0.05) is 35.0 Å². The highest BCUT2D eigenvalue weighted by Gasteiger charge is 2.55. The number of esters is 2. The first-order valence-electron chi connectivity index (χ1n) is 29.2. The second kappa shape index (κ2) is 27.1. The largest absolute Gasteiger partial charge is 0.448 e.